The average Bonchev–Trinajstić information content (AvgIpc) is 3.22. The smallest absolute Gasteiger partial charge is 0.290 e. The predicted octanol–water partition coefficient (Wildman–Crippen LogP) is 0.838. The number of hydrogen-bond acceptors (Lipinski definition) is 7. The number of thioether (sulfide) groups is 1. The zero-order chi connectivity index (χ0) is 21.1. The van der Waals surface area contributed by atoms with Gasteiger partial charge in [-0.2, -0.15) is 0 Å². The van der Waals surface area contributed by atoms with Gasteiger partial charge in [-0.3, -0.25) is 24.5 Å². The Morgan fingerprint density at radius 3 is 2.79 bits per heavy atom. The Bertz CT molecular complexity index is 886. The summed E-state index contributed by atoms with van der Waals surface area (Å²) in [5.74, 6) is -1.26. The lowest BCUT2D eigenvalue weighted by Gasteiger charge is -2.37. The van der Waals surface area contributed by atoms with E-state index in [0.29, 0.717) is 36.8 Å². The van der Waals surface area contributed by atoms with Crippen molar-refractivity contribution >= 4 is 46.3 Å². The Hall–Kier alpha value is -2.37. The summed E-state index contributed by atoms with van der Waals surface area (Å²) in [4.78, 5) is 56.2. The molecule has 4 amide bonds. The average molecular weight is 442 g/mol. The van der Waals surface area contributed by atoms with Crippen LogP contribution in [0.4, 0.5) is 4.79 Å². The fourth-order valence-corrected chi connectivity index (χ4v) is 4.02. The predicted molar refractivity (Wildman–Crippen MR) is 105 cm³/mol. The molecule has 2 fully saturated rings. The van der Waals surface area contributed by atoms with E-state index in [1.807, 2.05) is 6.92 Å². The third-order valence-electron chi connectivity index (χ3n) is 4.68. The number of aromatic nitrogens is 2. The lowest BCUT2D eigenvalue weighted by molar-refractivity contribution is -0.130. The molecule has 2 aliphatic rings. The number of nitrogens with zero attached hydrogens (tertiary/aromatic N) is 2. The van der Waals surface area contributed by atoms with Gasteiger partial charge in [0.15, 0.2) is 11.0 Å². The Morgan fingerprint density at radius 1 is 1.45 bits per heavy atom. The highest BCUT2D eigenvalue weighted by atomic mass is 35.5. The van der Waals surface area contributed by atoms with Crippen molar-refractivity contribution in [2.45, 2.75) is 31.9 Å². The molecular formula is C17H20ClN5O5S. The summed E-state index contributed by atoms with van der Waals surface area (Å²) in [6.07, 6.45) is 1.77. The molecule has 12 heteroatoms. The second kappa shape index (κ2) is 8.97. The van der Waals surface area contributed by atoms with Crippen molar-refractivity contribution in [3.05, 3.63) is 27.7 Å². The van der Waals surface area contributed by atoms with Gasteiger partial charge < -0.3 is 19.9 Å². The number of likely N-dealkylation sites (tertiary alicyclic amines) is 1. The summed E-state index contributed by atoms with van der Waals surface area (Å²) < 4.78 is 5.45. The molecule has 3 N–H and O–H groups in total. The molecule has 156 valence electrons. The van der Waals surface area contributed by atoms with Gasteiger partial charge in [-0.25, -0.2) is 4.98 Å². The number of amides is 4. The molecule has 0 spiro atoms. The highest BCUT2D eigenvalue weighted by Gasteiger charge is 2.34. The first-order chi connectivity index (χ1) is 13.8. The van der Waals surface area contributed by atoms with Gasteiger partial charge in [0.25, 0.3) is 17.1 Å². The van der Waals surface area contributed by atoms with Gasteiger partial charge >= 0.3 is 0 Å². The summed E-state index contributed by atoms with van der Waals surface area (Å²) in [5.41, 5.74) is 0.681. The Labute approximate surface area is 175 Å². The maximum atomic E-state index is 12.5. The summed E-state index contributed by atoms with van der Waals surface area (Å²) in [6.45, 7) is 2.48. The van der Waals surface area contributed by atoms with Crippen molar-refractivity contribution in [2.24, 2.45) is 0 Å². The molecule has 0 saturated carbocycles. The van der Waals surface area contributed by atoms with Crippen LogP contribution in [0.15, 0.2) is 11.0 Å². The van der Waals surface area contributed by atoms with Crippen molar-refractivity contribution in [3.8, 4) is 0 Å². The van der Waals surface area contributed by atoms with Crippen LogP contribution in [0.25, 0.3) is 0 Å². The first-order valence-corrected chi connectivity index (χ1v) is 10.1. The summed E-state index contributed by atoms with van der Waals surface area (Å²) in [5, 5.41) is 4.73. The minimum atomic E-state index is -0.581. The van der Waals surface area contributed by atoms with Crippen LogP contribution in [-0.4, -0.2) is 70.2 Å². The lowest BCUT2D eigenvalue weighted by atomic mass is 10.0. The minimum absolute atomic E-state index is 0.0609. The van der Waals surface area contributed by atoms with Crippen LogP contribution in [0.1, 0.15) is 29.7 Å². The van der Waals surface area contributed by atoms with E-state index in [-0.39, 0.29) is 28.5 Å². The van der Waals surface area contributed by atoms with Crippen LogP contribution in [-0.2, 0) is 20.7 Å². The molecule has 10 nitrogen and oxygen atoms in total. The second-order valence-corrected chi connectivity index (χ2v) is 7.86. The van der Waals surface area contributed by atoms with Gasteiger partial charge in [0.1, 0.15) is 0 Å². The topological polar surface area (TPSA) is 133 Å². The zero-order valence-electron chi connectivity index (χ0n) is 15.8. The largest absolute Gasteiger partial charge is 0.377 e. The summed E-state index contributed by atoms with van der Waals surface area (Å²) in [6, 6.07) is -0.330. The van der Waals surface area contributed by atoms with E-state index in [1.54, 1.807) is 0 Å². The normalized spacial score (nSPS) is 23.4. The standard InChI is InChI=1S/C17H20ClN5O5S/c1-3-8-13(18)21-14(19-8)16(26)20-9-4-5-23(7-10(9)28-2)12(24)6-11-15(25)22-17(27)29-11/h6,9-10H,3-5,7H2,1-2H3,(H,19,21)(H,20,26)(H,22,25,27)/t9-,10+/m1/s1. The minimum Gasteiger partial charge on any atom is -0.377 e. The number of aryl methyl sites for hydroxylation is 1. The monoisotopic (exact) mass is 441 g/mol. The molecule has 0 radical (unpaired) electrons. The number of H-pyrrole nitrogens is 1. The Balaban J connectivity index is 1.62. The number of rotatable bonds is 5. The number of ether oxygens (including phenoxy) is 1. The maximum Gasteiger partial charge on any atom is 0.290 e. The van der Waals surface area contributed by atoms with E-state index < -0.39 is 29.1 Å². The van der Waals surface area contributed by atoms with Crippen molar-refractivity contribution in [3.63, 3.8) is 0 Å². The molecule has 0 unspecified atom stereocenters. The lowest BCUT2D eigenvalue weighted by Crippen LogP contribution is -2.56. The van der Waals surface area contributed by atoms with Crippen LogP contribution in [0.5, 0.6) is 0 Å². The summed E-state index contributed by atoms with van der Waals surface area (Å²) >= 11 is 6.67. The van der Waals surface area contributed by atoms with Gasteiger partial charge in [-0.15, -0.1) is 0 Å². The Kier molecular flexibility index (Phi) is 6.60. The van der Waals surface area contributed by atoms with Gasteiger partial charge in [-0.05, 0) is 24.6 Å². The molecule has 0 aromatic carbocycles. The van der Waals surface area contributed by atoms with Gasteiger partial charge in [0.05, 0.1) is 22.7 Å². The van der Waals surface area contributed by atoms with Gasteiger partial charge in [0, 0.05) is 26.3 Å². The maximum absolute atomic E-state index is 12.5. The van der Waals surface area contributed by atoms with Crippen molar-refractivity contribution in [1.29, 1.82) is 0 Å². The van der Waals surface area contributed by atoms with Crippen LogP contribution < -0.4 is 10.6 Å². The summed E-state index contributed by atoms with van der Waals surface area (Å²) in [7, 11) is 1.49. The van der Waals surface area contributed by atoms with Crippen molar-refractivity contribution in [1.82, 2.24) is 25.5 Å². The molecule has 2 saturated heterocycles. The van der Waals surface area contributed by atoms with Crippen molar-refractivity contribution < 1.29 is 23.9 Å². The van der Waals surface area contributed by atoms with Gasteiger partial charge in [-0.1, -0.05) is 18.5 Å². The number of hydrogen-bond donors (Lipinski definition) is 3. The first-order valence-electron chi connectivity index (χ1n) is 8.94. The second-order valence-electron chi connectivity index (χ2n) is 6.49. The molecule has 29 heavy (non-hydrogen) atoms. The number of imide groups is 1. The number of carbonyl (C=O) groups is 4. The molecule has 3 heterocycles. The number of aromatic amines is 1. The third-order valence-corrected chi connectivity index (χ3v) is 5.81. The fourth-order valence-electron chi connectivity index (χ4n) is 3.11. The van der Waals surface area contributed by atoms with Crippen LogP contribution in [0.2, 0.25) is 5.15 Å². The number of nitrogens with one attached hydrogen (secondary N) is 3. The van der Waals surface area contributed by atoms with E-state index in [2.05, 4.69) is 20.6 Å². The van der Waals surface area contributed by atoms with E-state index in [9.17, 15) is 19.2 Å². The first kappa shape index (κ1) is 21.3. The number of methoxy groups -OCH3 is 1. The SMILES string of the molecule is CCc1[nH]c(C(=O)N[C@@H]2CCN(C(=O)C=C3SC(=O)NC3=O)C[C@@H]2OC)nc1Cl. The van der Waals surface area contributed by atoms with E-state index in [0.717, 1.165) is 6.08 Å². The number of piperidine rings is 1. The molecule has 1 aromatic heterocycles. The zero-order valence-corrected chi connectivity index (χ0v) is 17.4. The fraction of sp³-hybridized carbons (Fsp3) is 0.471. The number of carbonyl (C=O) groups excluding carboxylic acids is 4. The highest BCUT2D eigenvalue weighted by molar-refractivity contribution is 8.18. The van der Waals surface area contributed by atoms with Crippen LogP contribution in [0, 0.1) is 0 Å². The molecule has 0 bridgehead atoms. The van der Waals surface area contributed by atoms with Crippen LogP contribution in [0.3, 0.4) is 0 Å². The van der Waals surface area contributed by atoms with Crippen LogP contribution >= 0.6 is 23.4 Å². The van der Waals surface area contributed by atoms with Crippen molar-refractivity contribution in [2.75, 3.05) is 20.2 Å². The third kappa shape index (κ3) is 4.80. The van der Waals surface area contributed by atoms with E-state index in [4.69, 9.17) is 16.3 Å². The molecule has 3 rings (SSSR count). The number of halogens is 1. The quantitative estimate of drug-likeness (QED) is 0.576. The molecule has 2 atom stereocenters. The van der Waals surface area contributed by atoms with E-state index in [1.165, 1.54) is 12.0 Å². The Morgan fingerprint density at radius 2 is 2.21 bits per heavy atom. The van der Waals surface area contributed by atoms with E-state index >= 15 is 0 Å². The molecule has 1 aromatic rings. The molecular weight excluding hydrogens is 422 g/mol. The molecule has 0 aliphatic carbocycles. The highest BCUT2D eigenvalue weighted by Crippen LogP contribution is 2.24. The molecule has 2 aliphatic heterocycles. The number of imidazole rings is 1. The van der Waals surface area contributed by atoms with Gasteiger partial charge in [0.2, 0.25) is 5.91 Å².